The van der Waals surface area contributed by atoms with Crippen LogP contribution in [0.25, 0.3) is 0 Å². The molecular formula is C24H40N2O6. The van der Waals surface area contributed by atoms with Crippen molar-refractivity contribution in [3.63, 3.8) is 0 Å². The standard InChI is InChI=1S/C24H40N2O6/c1-10-16(14-25-15(3)27)12-18-17(20(28)11-2)13-19(21(29)31-23(4,5)6)26(18)22(30)32-24(7,8)9/h2,16-20,28H,10,12-14H2,1,3-9H3,(H,25,27)/t16?,17-,18-,19-,20?/m1/s1. The summed E-state index contributed by atoms with van der Waals surface area (Å²) < 4.78 is 11.2. The number of rotatable bonds is 7. The average Bonchev–Trinajstić information content (AvgIpc) is 3.01. The highest BCUT2D eigenvalue weighted by atomic mass is 16.6. The predicted octanol–water partition coefficient (Wildman–Crippen LogP) is 2.87. The lowest BCUT2D eigenvalue weighted by atomic mass is 9.86. The van der Waals surface area contributed by atoms with Crippen molar-refractivity contribution in [2.45, 2.75) is 104 Å². The number of terminal acetylenes is 1. The Kier molecular flexibility index (Phi) is 9.58. The van der Waals surface area contributed by atoms with Gasteiger partial charge in [0.1, 0.15) is 23.3 Å². The van der Waals surface area contributed by atoms with Crippen LogP contribution in [0, 0.1) is 24.2 Å². The fourth-order valence-electron chi connectivity index (χ4n) is 3.90. The van der Waals surface area contributed by atoms with Gasteiger partial charge in [-0.05, 0) is 60.3 Å². The first-order valence-electron chi connectivity index (χ1n) is 11.2. The minimum absolute atomic E-state index is 0.0127. The smallest absolute Gasteiger partial charge is 0.411 e. The zero-order chi connectivity index (χ0) is 24.9. The van der Waals surface area contributed by atoms with Crippen molar-refractivity contribution in [3.8, 4) is 12.3 Å². The van der Waals surface area contributed by atoms with Gasteiger partial charge in [0.05, 0.1) is 0 Å². The van der Waals surface area contributed by atoms with Gasteiger partial charge in [-0.15, -0.1) is 6.42 Å². The van der Waals surface area contributed by atoms with E-state index in [1.54, 1.807) is 41.5 Å². The van der Waals surface area contributed by atoms with Crippen molar-refractivity contribution in [3.05, 3.63) is 0 Å². The summed E-state index contributed by atoms with van der Waals surface area (Å²) in [5, 5.41) is 13.4. The van der Waals surface area contributed by atoms with Crippen LogP contribution in [0.15, 0.2) is 0 Å². The molecule has 0 aliphatic carbocycles. The molecule has 0 spiro atoms. The molecule has 5 atom stereocenters. The molecule has 0 aromatic carbocycles. The van der Waals surface area contributed by atoms with E-state index < -0.39 is 47.4 Å². The quantitative estimate of drug-likeness (QED) is 0.455. The third-order valence-electron chi connectivity index (χ3n) is 5.33. The minimum Gasteiger partial charge on any atom is -0.458 e. The maximum absolute atomic E-state index is 13.2. The number of esters is 1. The number of aliphatic hydroxyl groups excluding tert-OH is 1. The first kappa shape index (κ1) is 27.8. The summed E-state index contributed by atoms with van der Waals surface area (Å²) in [6.45, 7) is 14.3. The number of carbonyl (C=O) groups excluding carboxylic acids is 3. The zero-order valence-electron chi connectivity index (χ0n) is 20.7. The summed E-state index contributed by atoms with van der Waals surface area (Å²) in [5.41, 5.74) is -1.52. The number of nitrogens with one attached hydrogen (secondary N) is 1. The summed E-state index contributed by atoms with van der Waals surface area (Å²) >= 11 is 0. The molecule has 0 radical (unpaired) electrons. The Bertz CT molecular complexity index is 715. The predicted molar refractivity (Wildman–Crippen MR) is 122 cm³/mol. The van der Waals surface area contributed by atoms with Gasteiger partial charge in [0.2, 0.25) is 5.91 Å². The van der Waals surface area contributed by atoms with Crippen LogP contribution >= 0.6 is 0 Å². The molecule has 2 amide bonds. The Morgan fingerprint density at radius 2 is 1.72 bits per heavy atom. The fourth-order valence-corrected chi connectivity index (χ4v) is 3.90. The largest absolute Gasteiger partial charge is 0.458 e. The van der Waals surface area contributed by atoms with E-state index in [-0.39, 0.29) is 18.2 Å². The molecular weight excluding hydrogens is 412 g/mol. The maximum atomic E-state index is 13.2. The molecule has 8 heteroatoms. The van der Waals surface area contributed by atoms with Crippen LogP contribution < -0.4 is 5.32 Å². The number of aliphatic hydroxyl groups is 1. The molecule has 1 aliphatic rings. The van der Waals surface area contributed by atoms with E-state index in [1.165, 1.54) is 11.8 Å². The van der Waals surface area contributed by atoms with Crippen molar-refractivity contribution in [2.75, 3.05) is 6.54 Å². The zero-order valence-corrected chi connectivity index (χ0v) is 20.7. The van der Waals surface area contributed by atoms with E-state index in [0.29, 0.717) is 13.0 Å². The Morgan fingerprint density at radius 3 is 2.16 bits per heavy atom. The number of hydrogen-bond acceptors (Lipinski definition) is 6. The van der Waals surface area contributed by atoms with Crippen molar-refractivity contribution in [2.24, 2.45) is 11.8 Å². The number of carbonyl (C=O) groups is 3. The lowest BCUT2D eigenvalue weighted by Crippen LogP contribution is -2.50. The second-order valence-electron chi connectivity index (χ2n) is 10.5. The van der Waals surface area contributed by atoms with Gasteiger partial charge in [0, 0.05) is 25.4 Å². The third kappa shape index (κ3) is 8.34. The molecule has 1 rings (SSSR count). The minimum atomic E-state index is -1.14. The molecule has 1 heterocycles. The highest BCUT2D eigenvalue weighted by Gasteiger charge is 2.51. The molecule has 1 aliphatic heterocycles. The SMILES string of the molecule is C#CC(O)[C@@H]1C[C@H](C(=O)OC(C)(C)C)N(C(=O)OC(C)(C)C)[C@@H]1CC(CC)CNC(C)=O. The van der Waals surface area contributed by atoms with Crippen molar-refractivity contribution in [1.29, 1.82) is 0 Å². The lowest BCUT2D eigenvalue weighted by molar-refractivity contribution is -0.160. The number of hydrogen-bond donors (Lipinski definition) is 2. The monoisotopic (exact) mass is 452 g/mol. The van der Waals surface area contributed by atoms with Crippen LogP contribution in [0.4, 0.5) is 4.79 Å². The topological polar surface area (TPSA) is 105 Å². The van der Waals surface area contributed by atoms with E-state index >= 15 is 0 Å². The summed E-state index contributed by atoms with van der Waals surface area (Å²) in [7, 11) is 0. The Balaban J connectivity index is 3.36. The molecule has 0 aromatic rings. The summed E-state index contributed by atoms with van der Waals surface area (Å²) in [6, 6.07) is -1.48. The maximum Gasteiger partial charge on any atom is 0.411 e. The number of ether oxygens (including phenoxy) is 2. The number of likely N-dealkylation sites (tertiary alicyclic amines) is 1. The molecule has 32 heavy (non-hydrogen) atoms. The Morgan fingerprint density at radius 1 is 1.16 bits per heavy atom. The van der Waals surface area contributed by atoms with Gasteiger partial charge in [-0.1, -0.05) is 19.3 Å². The third-order valence-corrected chi connectivity index (χ3v) is 5.33. The number of amides is 2. The second kappa shape index (κ2) is 11.0. The molecule has 2 N–H and O–H groups in total. The second-order valence-corrected chi connectivity index (χ2v) is 10.5. The van der Waals surface area contributed by atoms with E-state index in [2.05, 4.69) is 11.2 Å². The summed E-state index contributed by atoms with van der Waals surface area (Å²) in [6.07, 6.45) is 5.06. The average molecular weight is 453 g/mol. The van der Waals surface area contributed by atoms with Gasteiger partial charge in [0.25, 0.3) is 0 Å². The van der Waals surface area contributed by atoms with Crippen LogP contribution in [0.5, 0.6) is 0 Å². The first-order valence-corrected chi connectivity index (χ1v) is 11.2. The van der Waals surface area contributed by atoms with Crippen LogP contribution in [-0.4, -0.2) is 63.9 Å². The first-order chi connectivity index (χ1) is 14.6. The van der Waals surface area contributed by atoms with E-state index in [4.69, 9.17) is 15.9 Å². The molecule has 8 nitrogen and oxygen atoms in total. The van der Waals surface area contributed by atoms with Crippen LogP contribution in [0.3, 0.4) is 0 Å². The van der Waals surface area contributed by atoms with Crippen molar-refractivity contribution >= 4 is 18.0 Å². The highest BCUT2D eigenvalue weighted by Crippen LogP contribution is 2.38. The van der Waals surface area contributed by atoms with Crippen molar-refractivity contribution < 1.29 is 29.0 Å². The van der Waals surface area contributed by atoms with Crippen molar-refractivity contribution in [1.82, 2.24) is 10.2 Å². The van der Waals surface area contributed by atoms with Gasteiger partial charge in [-0.3, -0.25) is 9.69 Å². The summed E-state index contributed by atoms with van der Waals surface area (Å²) in [5.74, 6) is 1.12. The molecule has 0 saturated carbocycles. The normalized spacial score (nSPS) is 23.1. The van der Waals surface area contributed by atoms with Gasteiger partial charge in [-0.2, -0.15) is 0 Å². The van der Waals surface area contributed by atoms with Gasteiger partial charge < -0.3 is 19.9 Å². The molecule has 1 fully saturated rings. The lowest BCUT2D eigenvalue weighted by Gasteiger charge is -2.35. The van der Waals surface area contributed by atoms with Gasteiger partial charge in [0.15, 0.2) is 0 Å². The van der Waals surface area contributed by atoms with E-state index in [0.717, 1.165) is 6.42 Å². The molecule has 1 saturated heterocycles. The molecule has 2 unspecified atom stereocenters. The van der Waals surface area contributed by atoms with Gasteiger partial charge in [-0.25, -0.2) is 9.59 Å². The van der Waals surface area contributed by atoms with E-state index in [9.17, 15) is 19.5 Å². The molecule has 182 valence electrons. The highest BCUT2D eigenvalue weighted by molar-refractivity contribution is 5.83. The van der Waals surface area contributed by atoms with Crippen LogP contribution in [0.1, 0.15) is 74.7 Å². The Hall–Kier alpha value is -2.27. The molecule has 0 aromatic heterocycles. The van der Waals surface area contributed by atoms with Crippen LogP contribution in [0.2, 0.25) is 0 Å². The van der Waals surface area contributed by atoms with Crippen LogP contribution in [-0.2, 0) is 19.1 Å². The number of nitrogens with zero attached hydrogens (tertiary/aromatic N) is 1. The van der Waals surface area contributed by atoms with E-state index in [1.807, 2.05) is 6.92 Å². The fraction of sp³-hybridized carbons (Fsp3) is 0.792. The summed E-state index contributed by atoms with van der Waals surface area (Å²) in [4.78, 5) is 39.1. The molecule has 0 bridgehead atoms. The van der Waals surface area contributed by atoms with Gasteiger partial charge >= 0.3 is 12.1 Å². The Labute approximate surface area is 192 Å².